The number of nitrogens with one attached hydrogen (secondary N) is 2. The minimum absolute atomic E-state index is 0. The van der Waals surface area contributed by atoms with E-state index in [9.17, 15) is 4.79 Å². The van der Waals surface area contributed by atoms with Gasteiger partial charge >= 0.3 is 0 Å². The van der Waals surface area contributed by atoms with Crippen molar-refractivity contribution in [3.63, 3.8) is 0 Å². The smallest absolute Gasteiger partial charge is 0.251 e. The predicted octanol–water partition coefficient (Wildman–Crippen LogP) is 2.83. The molecule has 0 atom stereocenters. The van der Waals surface area contributed by atoms with Crippen LogP contribution in [0.5, 0.6) is 0 Å². The number of carbonyl (C=O) groups is 1. The van der Waals surface area contributed by atoms with Crippen LogP contribution in [0, 0.1) is 0 Å². The Bertz CT molecular complexity index is 882. The predicted molar refractivity (Wildman–Crippen MR) is 104 cm³/mol. The lowest BCUT2D eigenvalue weighted by atomic mass is 9.91. The summed E-state index contributed by atoms with van der Waals surface area (Å²) in [5.74, 6) is 0.666. The number of amides is 1. The van der Waals surface area contributed by atoms with Crippen molar-refractivity contribution in [2.24, 2.45) is 0 Å². The van der Waals surface area contributed by atoms with E-state index >= 15 is 0 Å². The summed E-state index contributed by atoms with van der Waals surface area (Å²) in [5.41, 5.74) is 6.82. The van der Waals surface area contributed by atoms with Crippen LogP contribution in [0.4, 0.5) is 0 Å². The highest BCUT2D eigenvalue weighted by atomic mass is 35.5. The van der Waals surface area contributed by atoms with Crippen LogP contribution in [0.15, 0.2) is 30.7 Å². The Balaban J connectivity index is 0.00000168. The summed E-state index contributed by atoms with van der Waals surface area (Å²) in [6.45, 7) is 2.63. The van der Waals surface area contributed by atoms with Gasteiger partial charge in [-0.25, -0.2) is 4.98 Å². The van der Waals surface area contributed by atoms with Crippen molar-refractivity contribution in [2.75, 3.05) is 19.6 Å². The molecule has 5 rings (SSSR count). The van der Waals surface area contributed by atoms with Gasteiger partial charge in [-0.1, -0.05) is 6.08 Å². The van der Waals surface area contributed by atoms with Gasteiger partial charge in [-0.15, -0.1) is 12.4 Å². The molecule has 3 heterocycles. The highest BCUT2D eigenvalue weighted by Crippen LogP contribution is 2.39. The molecule has 1 saturated carbocycles. The second-order valence-corrected chi connectivity index (χ2v) is 7.20. The van der Waals surface area contributed by atoms with Gasteiger partial charge in [0.1, 0.15) is 0 Å². The molecule has 1 fully saturated rings. The molecule has 0 spiro atoms. The van der Waals surface area contributed by atoms with Crippen molar-refractivity contribution < 1.29 is 4.79 Å². The van der Waals surface area contributed by atoms with E-state index in [1.807, 2.05) is 6.33 Å². The maximum absolute atomic E-state index is 12.3. The molecule has 2 aliphatic heterocycles. The van der Waals surface area contributed by atoms with E-state index in [0.29, 0.717) is 5.92 Å². The number of halogens is 1. The largest absolute Gasteiger partial charge is 0.352 e. The van der Waals surface area contributed by atoms with E-state index in [-0.39, 0.29) is 18.3 Å². The number of carbonyl (C=O) groups excluding carboxylic acids is 1. The number of rotatable bonds is 3. The zero-order valence-corrected chi connectivity index (χ0v) is 15.4. The highest BCUT2D eigenvalue weighted by Gasteiger charge is 2.27. The maximum Gasteiger partial charge on any atom is 0.251 e. The Morgan fingerprint density at radius 3 is 2.77 bits per heavy atom. The van der Waals surface area contributed by atoms with Gasteiger partial charge in [0.25, 0.3) is 5.91 Å². The second-order valence-electron chi connectivity index (χ2n) is 7.20. The first kappa shape index (κ1) is 17.3. The normalized spacial score (nSPS) is 19.2. The van der Waals surface area contributed by atoms with Crippen molar-refractivity contribution in [3.8, 4) is 5.69 Å². The molecule has 136 valence electrons. The van der Waals surface area contributed by atoms with Crippen LogP contribution in [-0.2, 0) is 6.42 Å². The fourth-order valence-electron chi connectivity index (χ4n) is 3.85. The molecule has 1 amide bonds. The lowest BCUT2D eigenvalue weighted by Gasteiger charge is -2.23. The van der Waals surface area contributed by atoms with Gasteiger partial charge < -0.3 is 15.2 Å². The van der Waals surface area contributed by atoms with Gasteiger partial charge in [-0.3, -0.25) is 4.79 Å². The molecular weight excluding hydrogens is 348 g/mol. The minimum atomic E-state index is 0. The molecule has 1 aliphatic carbocycles. The first-order valence-electron chi connectivity index (χ1n) is 9.19. The summed E-state index contributed by atoms with van der Waals surface area (Å²) in [6, 6.07) is 4.29. The first-order valence-corrected chi connectivity index (χ1v) is 9.19. The van der Waals surface area contributed by atoms with Crippen molar-refractivity contribution in [1.82, 2.24) is 20.2 Å². The molecule has 0 unspecified atom stereocenters. The zero-order valence-electron chi connectivity index (χ0n) is 14.6. The molecule has 2 N–H and O–H groups in total. The molecule has 1 aromatic heterocycles. The maximum atomic E-state index is 12.3. The highest BCUT2D eigenvalue weighted by molar-refractivity contribution is 5.98. The Morgan fingerprint density at radius 2 is 2.00 bits per heavy atom. The SMILES string of the molecule is Cl.O=C1NCCc2cc(C3=CCNCC3)c(-n3cnc(C4CC4)c3)cc21. The topological polar surface area (TPSA) is 59.0 Å². The van der Waals surface area contributed by atoms with Gasteiger partial charge in [0, 0.05) is 36.3 Å². The molecule has 2 aromatic rings. The number of imidazole rings is 1. The standard InChI is InChI=1S/C20H22N4O.ClH/c25-20-17-10-19(24-11-18(23-12-24)14-1-2-14)16(9-15(17)5-8-22-20)13-3-6-21-7-4-13;/h3,9-12,14,21H,1-2,4-8H2,(H,22,25);1H. The van der Waals surface area contributed by atoms with Gasteiger partial charge in [0.2, 0.25) is 0 Å². The van der Waals surface area contributed by atoms with Crippen molar-refractivity contribution in [2.45, 2.75) is 31.6 Å². The van der Waals surface area contributed by atoms with E-state index in [1.165, 1.54) is 29.7 Å². The molecule has 5 nitrogen and oxygen atoms in total. The zero-order chi connectivity index (χ0) is 16.8. The molecule has 26 heavy (non-hydrogen) atoms. The van der Waals surface area contributed by atoms with Crippen molar-refractivity contribution in [3.05, 3.63) is 53.1 Å². The van der Waals surface area contributed by atoms with Gasteiger partial charge in [-0.05, 0) is 55.5 Å². The molecular formula is C20H23ClN4O. The molecule has 0 radical (unpaired) electrons. The Kier molecular flexibility index (Phi) is 4.59. The monoisotopic (exact) mass is 370 g/mol. The van der Waals surface area contributed by atoms with Crippen LogP contribution < -0.4 is 10.6 Å². The fourth-order valence-corrected chi connectivity index (χ4v) is 3.85. The summed E-state index contributed by atoms with van der Waals surface area (Å²) in [5, 5.41) is 6.34. The van der Waals surface area contributed by atoms with E-state index in [2.05, 4.69) is 44.6 Å². The summed E-state index contributed by atoms with van der Waals surface area (Å²) in [6.07, 6.45) is 10.7. The Hall–Kier alpha value is -2.11. The van der Waals surface area contributed by atoms with E-state index in [4.69, 9.17) is 0 Å². The third-order valence-corrected chi connectivity index (χ3v) is 5.43. The fraction of sp³-hybridized carbons (Fsp3) is 0.400. The Morgan fingerprint density at radius 1 is 1.12 bits per heavy atom. The van der Waals surface area contributed by atoms with Crippen molar-refractivity contribution >= 4 is 23.9 Å². The molecule has 0 bridgehead atoms. The average Bonchev–Trinajstić information content (AvgIpc) is 3.39. The lowest BCUT2D eigenvalue weighted by Crippen LogP contribution is -2.32. The second kappa shape index (κ2) is 6.89. The van der Waals surface area contributed by atoms with Crippen LogP contribution in [0.2, 0.25) is 0 Å². The van der Waals surface area contributed by atoms with E-state index in [0.717, 1.165) is 49.3 Å². The molecule has 1 aromatic carbocycles. The molecule has 3 aliphatic rings. The summed E-state index contributed by atoms with van der Waals surface area (Å²) in [7, 11) is 0. The van der Waals surface area contributed by atoms with Gasteiger partial charge in [0.05, 0.1) is 17.7 Å². The summed E-state index contributed by atoms with van der Waals surface area (Å²) in [4.78, 5) is 16.9. The Labute approximate surface area is 159 Å². The van der Waals surface area contributed by atoms with Crippen LogP contribution in [0.1, 0.15) is 52.4 Å². The minimum Gasteiger partial charge on any atom is -0.352 e. The number of hydrogen-bond acceptors (Lipinski definition) is 3. The number of benzene rings is 1. The van der Waals surface area contributed by atoms with Crippen LogP contribution >= 0.6 is 12.4 Å². The third kappa shape index (κ3) is 3.06. The van der Waals surface area contributed by atoms with E-state index in [1.54, 1.807) is 0 Å². The molecule has 6 heteroatoms. The summed E-state index contributed by atoms with van der Waals surface area (Å²) >= 11 is 0. The van der Waals surface area contributed by atoms with Crippen molar-refractivity contribution in [1.29, 1.82) is 0 Å². The number of hydrogen-bond donors (Lipinski definition) is 2. The van der Waals surface area contributed by atoms with Crippen LogP contribution in [0.3, 0.4) is 0 Å². The number of fused-ring (bicyclic) bond motifs is 1. The first-order chi connectivity index (χ1) is 12.3. The quantitative estimate of drug-likeness (QED) is 0.873. The van der Waals surface area contributed by atoms with Crippen LogP contribution in [0.25, 0.3) is 11.3 Å². The summed E-state index contributed by atoms with van der Waals surface area (Å²) < 4.78 is 2.11. The molecule has 0 saturated heterocycles. The van der Waals surface area contributed by atoms with Gasteiger partial charge in [-0.2, -0.15) is 0 Å². The average molecular weight is 371 g/mol. The van der Waals surface area contributed by atoms with E-state index < -0.39 is 0 Å². The lowest BCUT2D eigenvalue weighted by molar-refractivity contribution is 0.0946. The van der Waals surface area contributed by atoms with Crippen LogP contribution in [-0.4, -0.2) is 35.1 Å². The number of aromatic nitrogens is 2. The van der Waals surface area contributed by atoms with Gasteiger partial charge in [0.15, 0.2) is 0 Å². The third-order valence-electron chi connectivity index (χ3n) is 5.43. The number of nitrogens with zero attached hydrogens (tertiary/aromatic N) is 2.